The molecule has 0 aromatic carbocycles. The summed E-state index contributed by atoms with van der Waals surface area (Å²) in [6, 6.07) is 0. The van der Waals surface area contributed by atoms with Crippen molar-refractivity contribution >= 4 is 5.91 Å². The second kappa shape index (κ2) is 6.83. The minimum Gasteiger partial charge on any atom is -0.355 e. The van der Waals surface area contributed by atoms with Crippen molar-refractivity contribution in [2.24, 2.45) is 11.8 Å². The molecule has 0 spiro atoms. The number of carbonyl (C=O) groups is 1. The Bertz CT molecular complexity index is 186. The Labute approximate surface area is 93.0 Å². The standard InChI is InChI=1S/C12H24N2O/c1-10(2)7-14-12(15)9-13-8-11-5-3-4-6-11/h10-11,13H,3-9H2,1-2H3,(H,14,15). The summed E-state index contributed by atoms with van der Waals surface area (Å²) in [6.07, 6.45) is 5.40. The molecule has 0 radical (unpaired) electrons. The van der Waals surface area contributed by atoms with Crippen molar-refractivity contribution in [1.29, 1.82) is 0 Å². The molecule has 88 valence electrons. The fourth-order valence-corrected chi connectivity index (χ4v) is 1.98. The molecule has 3 nitrogen and oxygen atoms in total. The van der Waals surface area contributed by atoms with Crippen LogP contribution in [0.4, 0.5) is 0 Å². The summed E-state index contributed by atoms with van der Waals surface area (Å²) in [5.41, 5.74) is 0. The van der Waals surface area contributed by atoms with Crippen molar-refractivity contribution < 1.29 is 4.79 Å². The van der Waals surface area contributed by atoms with E-state index in [0.29, 0.717) is 12.5 Å². The van der Waals surface area contributed by atoms with E-state index < -0.39 is 0 Å². The number of hydrogen-bond donors (Lipinski definition) is 2. The molecule has 3 heteroatoms. The molecule has 0 aliphatic heterocycles. The zero-order valence-electron chi connectivity index (χ0n) is 10.0. The maximum Gasteiger partial charge on any atom is 0.233 e. The minimum absolute atomic E-state index is 0.127. The van der Waals surface area contributed by atoms with Gasteiger partial charge < -0.3 is 10.6 Å². The number of amides is 1. The molecule has 0 aromatic heterocycles. The van der Waals surface area contributed by atoms with E-state index in [1.165, 1.54) is 25.7 Å². The molecule has 2 N–H and O–H groups in total. The first kappa shape index (κ1) is 12.5. The predicted octanol–water partition coefficient (Wildman–Crippen LogP) is 1.54. The summed E-state index contributed by atoms with van der Waals surface area (Å²) in [6.45, 7) is 6.47. The average Bonchev–Trinajstić information content (AvgIpc) is 2.67. The van der Waals surface area contributed by atoms with E-state index in [2.05, 4.69) is 24.5 Å². The molecule has 1 aliphatic carbocycles. The monoisotopic (exact) mass is 212 g/mol. The van der Waals surface area contributed by atoms with Gasteiger partial charge in [0, 0.05) is 6.54 Å². The summed E-state index contributed by atoms with van der Waals surface area (Å²) < 4.78 is 0. The Hall–Kier alpha value is -0.570. The van der Waals surface area contributed by atoms with Crippen LogP contribution in [0, 0.1) is 11.8 Å². The van der Waals surface area contributed by atoms with Crippen LogP contribution in [0.1, 0.15) is 39.5 Å². The molecule has 0 heterocycles. The molecule has 1 aliphatic rings. The van der Waals surface area contributed by atoms with Crippen LogP contribution in [0.2, 0.25) is 0 Å². The minimum atomic E-state index is 0.127. The Balaban J connectivity index is 1.96. The first-order valence-corrected chi connectivity index (χ1v) is 6.16. The van der Waals surface area contributed by atoms with E-state index in [1.54, 1.807) is 0 Å². The van der Waals surface area contributed by atoms with Crippen LogP contribution in [0.5, 0.6) is 0 Å². The van der Waals surface area contributed by atoms with Crippen molar-refractivity contribution in [3.63, 3.8) is 0 Å². The van der Waals surface area contributed by atoms with Crippen molar-refractivity contribution in [2.75, 3.05) is 19.6 Å². The smallest absolute Gasteiger partial charge is 0.233 e. The number of carbonyl (C=O) groups excluding carboxylic acids is 1. The molecule has 0 saturated heterocycles. The van der Waals surface area contributed by atoms with Crippen molar-refractivity contribution in [1.82, 2.24) is 10.6 Å². The molecule has 15 heavy (non-hydrogen) atoms. The maximum atomic E-state index is 11.3. The van der Waals surface area contributed by atoms with Crippen LogP contribution < -0.4 is 10.6 Å². The van der Waals surface area contributed by atoms with Gasteiger partial charge in [-0.25, -0.2) is 0 Å². The summed E-state index contributed by atoms with van der Waals surface area (Å²) in [7, 11) is 0. The number of rotatable bonds is 6. The second-order valence-corrected chi connectivity index (χ2v) is 4.98. The van der Waals surface area contributed by atoms with Gasteiger partial charge in [0.2, 0.25) is 5.91 Å². The zero-order chi connectivity index (χ0) is 11.1. The third kappa shape index (κ3) is 5.78. The van der Waals surface area contributed by atoms with Crippen molar-refractivity contribution in [3.8, 4) is 0 Å². The van der Waals surface area contributed by atoms with Crippen LogP contribution in [-0.2, 0) is 4.79 Å². The van der Waals surface area contributed by atoms with Gasteiger partial charge in [-0.2, -0.15) is 0 Å². The SMILES string of the molecule is CC(C)CNC(=O)CNCC1CCCC1. The molecule has 1 saturated carbocycles. The largest absolute Gasteiger partial charge is 0.355 e. The zero-order valence-corrected chi connectivity index (χ0v) is 10.0. The molecular weight excluding hydrogens is 188 g/mol. The van der Waals surface area contributed by atoms with E-state index in [1.807, 2.05) is 0 Å². The van der Waals surface area contributed by atoms with Crippen LogP contribution in [0.25, 0.3) is 0 Å². The van der Waals surface area contributed by atoms with Crippen LogP contribution >= 0.6 is 0 Å². The molecule has 1 amide bonds. The Kier molecular flexibility index (Phi) is 5.69. The summed E-state index contributed by atoms with van der Waals surface area (Å²) in [4.78, 5) is 11.3. The fourth-order valence-electron chi connectivity index (χ4n) is 1.98. The molecule has 1 fully saturated rings. The highest BCUT2D eigenvalue weighted by molar-refractivity contribution is 5.77. The fraction of sp³-hybridized carbons (Fsp3) is 0.917. The molecular formula is C12H24N2O. The Morgan fingerprint density at radius 1 is 1.33 bits per heavy atom. The normalized spacial score (nSPS) is 17.3. The van der Waals surface area contributed by atoms with Gasteiger partial charge in [-0.15, -0.1) is 0 Å². The lowest BCUT2D eigenvalue weighted by Crippen LogP contribution is -2.37. The summed E-state index contributed by atoms with van der Waals surface area (Å²) in [5, 5.41) is 6.14. The van der Waals surface area contributed by atoms with Gasteiger partial charge in [-0.1, -0.05) is 26.7 Å². The highest BCUT2D eigenvalue weighted by Gasteiger charge is 2.14. The molecule has 0 bridgehead atoms. The van der Waals surface area contributed by atoms with Crippen molar-refractivity contribution in [2.45, 2.75) is 39.5 Å². The highest BCUT2D eigenvalue weighted by Crippen LogP contribution is 2.23. The predicted molar refractivity (Wildman–Crippen MR) is 62.7 cm³/mol. The van der Waals surface area contributed by atoms with Crippen LogP contribution in [0.3, 0.4) is 0 Å². The first-order valence-electron chi connectivity index (χ1n) is 6.16. The van der Waals surface area contributed by atoms with Crippen LogP contribution in [-0.4, -0.2) is 25.5 Å². The lowest BCUT2D eigenvalue weighted by atomic mass is 10.1. The van der Waals surface area contributed by atoms with Gasteiger partial charge in [0.15, 0.2) is 0 Å². The highest BCUT2D eigenvalue weighted by atomic mass is 16.1. The van der Waals surface area contributed by atoms with E-state index >= 15 is 0 Å². The van der Waals surface area contributed by atoms with Gasteiger partial charge in [-0.05, 0) is 31.2 Å². The van der Waals surface area contributed by atoms with Crippen LogP contribution in [0.15, 0.2) is 0 Å². The van der Waals surface area contributed by atoms with Gasteiger partial charge in [0.25, 0.3) is 0 Å². The summed E-state index contributed by atoms with van der Waals surface area (Å²) >= 11 is 0. The number of nitrogens with one attached hydrogen (secondary N) is 2. The molecule has 1 rings (SSSR count). The van der Waals surface area contributed by atoms with Gasteiger partial charge in [0.05, 0.1) is 6.54 Å². The third-order valence-electron chi connectivity index (χ3n) is 2.90. The average molecular weight is 212 g/mol. The topological polar surface area (TPSA) is 41.1 Å². The second-order valence-electron chi connectivity index (χ2n) is 4.98. The van der Waals surface area contributed by atoms with E-state index in [9.17, 15) is 4.79 Å². The van der Waals surface area contributed by atoms with Gasteiger partial charge in [0.1, 0.15) is 0 Å². The Morgan fingerprint density at radius 2 is 2.00 bits per heavy atom. The van der Waals surface area contributed by atoms with E-state index in [0.717, 1.165) is 19.0 Å². The molecule has 0 atom stereocenters. The lowest BCUT2D eigenvalue weighted by Gasteiger charge is -2.11. The molecule has 0 aromatic rings. The molecule has 0 unspecified atom stereocenters. The van der Waals surface area contributed by atoms with Gasteiger partial charge in [-0.3, -0.25) is 4.79 Å². The quantitative estimate of drug-likeness (QED) is 0.701. The summed E-state index contributed by atoms with van der Waals surface area (Å²) in [5.74, 6) is 1.47. The van der Waals surface area contributed by atoms with E-state index in [4.69, 9.17) is 0 Å². The maximum absolute atomic E-state index is 11.3. The van der Waals surface area contributed by atoms with Crippen molar-refractivity contribution in [3.05, 3.63) is 0 Å². The van der Waals surface area contributed by atoms with E-state index in [-0.39, 0.29) is 5.91 Å². The lowest BCUT2D eigenvalue weighted by molar-refractivity contribution is -0.120. The number of hydrogen-bond acceptors (Lipinski definition) is 2. The third-order valence-corrected chi connectivity index (χ3v) is 2.90. The van der Waals surface area contributed by atoms with Gasteiger partial charge >= 0.3 is 0 Å². The Morgan fingerprint density at radius 3 is 2.60 bits per heavy atom. The first-order chi connectivity index (χ1) is 7.18.